The van der Waals surface area contributed by atoms with Gasteiger partial charge in [0.15, 0.2) is 0 Å². The largest absolute Gasteiger partial charge is 0.508 e. The molecule has 1 aromatic rings. The lowest BCUT2D eigenvalue weighted by molar-refractivity contribution is -0.117. The van der Waals surface area contributed by atoms with Crippen molar-refractivity contribution >= 4 is 5.91 Å². The number of benzene rings is 1. The van der Waals surface area contributed by atoms with E-state index in [0.29, 0.717) is 39.3 Å². The van der Waals surface area contributed by atoms with E-state index in [2.05, 4.69) is 5.32 Å². The Balaban J connectivity index is 2.57. The monoisotopic (exact) mass is 347 g/mol. The van der Waals surface area contributed by atoms with Crippen LogP contribution in [0.15, 0.2) is 36.0 Å². The molecule has 25 heavy (non-hydrogen) atoms. The summed E-state index contributed by atoms with van der Waals surface area (Å²) in [6, 6.07) is 8.71. The highest BCUT2D eigenvalue weighted by molar-refractivity contribution is 5.97. The number of aromatic hydroxyl groups is 1. The van der Waals surface area contributed by atoms with Gasteiger partial charge in [-0.05, 0) is 24.1 Å². The van der Waals surface area contributed by atoms with Crippen LogP contribution >= 0.6 is 0 Å². The van der Waals surface area contributed by atoms with Crippen LogP contribution in [0.3, 0.4) is 0 Å². The van der Waals surface area contributed by atoms with E-state index < -0.39 is 5.91 Å². The van der Waals surface area contributed by atoms with Crippen LogP contribution in [0.25, 0.3) is 0 Å². The molecule has 0 heterocycles. The summed E-state index contributed by atoms with van der Waals surface area (Å²) >= 11 is 0. The van der Waals surface area contributed by atoms with Gasteiger partial charge < -0.3 is 24.8 Å². The summed E-state index contributed by atoms with van der Waals surface area (Å²) in [5, 5.41) is 21.2. The van der Waals surface area contributed by atoms with Gasteiger partial charge in [-0.3, -0.25) is 4.79 Å². The lowest BCUT2D eigenvalue weighted by Gasteiger charge is -2.20. The second-order valence-electron chi connectivity index (χ2n) is 5.35. The number of ether oxygens (including phenoxy) is 2. The Morgan fingerprint density at radius 3 is 2.36 bits per heavy atom. The molecule has 1 aromatic carbocycles. The van der Waals surface area contributed by atoms with E-state index in [4.69, 9.17) is 9.47 Å². The molecule has 7 nitrogen and oxygen atoms in total. The summed E-state index contributed by atoms with van der Waals surface area (Å²) in [5.74, 6) is -0.212. The lowest BCUT2D eigenvalue weighted by atomic mass is 10.1. The number of phenolic OH excluding ortho intramolecular Hbond substituents is 1. The first-order chi connectivity index (χ1) is 12.1. The first kappa shape index (κ1) is 20.5. The molecule has 0 saturated heterocycles. The number of hydrogen-bond donors (Lipinski definition) is 2. The molecule has 0 unspecified atom stereocenters. The summed E-state index contributed by atoms with van der Waals surface area (Å²) in [7, 11) is 3.19. The van der Waals surface area contributed by atoms with Crippen molar-refractivity contribution < 1.29 is 19.4 Å². The van der Waals surface area contributed by atoms with E-state index in [1.165, 1.54) is 6.20 Å². The average Bonchev–Trinajstić information content (AvgIpc) is 2.62. The molecule has 0 spiro atoms. The predicted octanol–water partition coefficient (Wildman–Crippen LogP) is 1.05. The molecule has 0 aromatic heterocycles. The van der Waals surface area contributed by atoms with Gasteiger partial charge in [-0.15, -0.1) is 0 Å². The molecule has 0 aliphatic carbocycles. The van der Waals surface area contributed by atoms with Crippen LogP contribution in [0.2, 0.25) is 0 Å². The molecule has 0 bridgehead atoms. The van der Waals surface area contributed by atoms with Crippen molar-refractivity contribution in [2.24, 2.45) is 0 Å². The van der Waals surface area contributed by atoms with E-state index >= 15 is 0 Å². The molecule has 1 rings (SSSR count). The Bertz CT molecular complexity index is 585. The van der Waals surface area contributed by atoms with Crippen molar-refractivity contribution in [1.29, 1.82) is 5.26 Å². The quantitative estimate of drug-likeness (QED) is 0.459. The molecule has 0 atom stereocenters. The molecule has 0 aliphatic heterocycles. The Morgan fingerprint density at radius 1 is 1.24 bits per heavy atom. The van der Waals surface area contributed by atoms with Gasteiger partial charge in [0.1, 0.15) is 17.4 Å². The molecule has 7 heteroatoms. The fourth-order valence-corrected chi connectivity index (χ4v) is 2.06. The number of nitrogens with one attached hydrogen (secondary N) is 1. The van der Waals surface area contributed by atoms with E-state index in [1.54, 1.807) is 38.5 Å². The zero-order chi connectivity index (χ0) is 18.5. The lowest BCUT2D eigenvalue weighted by Crippen LogP contribution is -2.30. The first-order valence-corrected chi connectivity index (χ1v) is 8.00. The van der Waals surface area contributed by atoms with Crippen LogP contribution in [0.4, 0.5) is 0 Å². The maximum atomic E-state index is 12.2. The summed E-state index contributed by atoms with van der Waals surface area (Å²) in [6.07, 6.45) is 2.15. The summed E-state index contributed by atoms with van der Waals surface area (Å²) in [5.41, 5.74) is 1.03. The number of nitrogens with zero attached hydrogens (tertiary/aromatic N) is 2. The number of amides is 1. The topological polar surface area (TPSA) is 94.8 Å². The van der Waals surface area contributed by atoms with E-state index in [1.807, 2.05) is 11.0 Å². The third kappa shape index (κ3) is 8.20. The Morgan fingerprint density at radius 2 is 1.84 bits per heavy atom. The summed E-state index contributed by atoms with van der Waals surface area (Å²) in [4.78, 5) is 14.0. The van der Waals surface area contributed by atoms with Crippen molar-refractivity contribution in [2.75, 3.05) is 47.1 Å². The number of hydrogen-bond acceptors (Lipinski definition) is 6. The molecular weight excluding hydrogens is 322 g/mol. The van der Waals surface area contributed by atoms with Gasteiger partial charge in [0, 0.05) is 40.1 Å². The van der Waals surface area contributed by atoms with Crippen molar-refractivity contribution in [3.05, 3.63) is 41.6 Å². The van der Waals surface area contributed by atoms with Gasteiger partial charge in [-0.25, -0.2) is 0 Å². The highest BCUT2D eigenvalue weighted by Crippen LogP contribution is 2.09. The Labute approximate surface area is 148 Å². The van der Waals surface area contributed by atoms with Gasteiger partial charge >= 0.3 is 0 Å². The first-order valence-electron chi connectivity index (χ1n) is 8.00. The molecule has 2 N–H and O–H groups in total. The van der Waals surface area contributed by atoms with Crippen LogP contribution in [-0.2, 0) is 20.7 Å². The maximum Gasteiger partial charge on any atom is 0.263 e. The summed E-state index contributed by atoms with van der Waals surface area (Å²) < 4.78 is 10.1. The fraction of sp³-hybridized carbons (Fsp3) is 0.444. The predicted molar refractivity (Wildman–Crippen MR) is 93.8 cm³/mol. The van der Waals surface area contributed by atoms with Crippen LogP contribution in [0.1, 0.15) is 5.56 Å². The maximum absolute atomic E-state index is 12.2. The number of rotatable bonds is 11. The van der Waals surface area contributed by atoms with Gasteiger partial charge in [-0.1, -0.05) is 12.1 Å². The average molecular weight is 347 g/mol. The van der Waals surface area contributed by atoms with E-state index in [0.717, 1.165) is 5.56 Å². The van der Waals surface area contributed by atoms with Crippen molar-refractivity contribution in [1.82, 2.24) is 10.2 Å². The van der Waals surface area contributed by atoms with Crippen molar-refractivity contribution in [3.63, 3.8) is 0 Å². The van der Waals surface area contributed by atoms with Gasteiger partial charge in [0.25, 0.3) is 5.91 Å². The third-order valence-corrected chi connectivity index (χ3v) is 3.48. The van der Waals surface area contributed by atoms with Crippen LogP contribution in [-0.4, -0.2) is 63.0 Å². The SMILES string of the molecule is COCCN(/C=C(/C#N)C(=O)NCCc1ccc(O)cc1)CCOC. The van der Waals surface area contributed by atoms with Crippen LogP contribution in [0, 0.1) is 11.3 Å². The second kappa shape index (κ2) is 11.9. The number of methoxy groups -OCH3 is 2. The van der Waals surface area contributed by atoms with Gasteiger partial charge in [0.2, 0.25) is 0 Å². The minimum absolute atomic E-state index is 0.0397. The second-order valence-corrected chi connectivity index (χ2v) is 5.35. The van der Waals surface area contributed by atoms with Crippen molar-refractivity contribution in [2.45, 2.75) is 6.42 Å². The van der Waals surface area contributed by atoms with E-state index in [-0.39, 0.29) is 11.3 Å². The number of phenols is 1. The van der Waals surface area contributed by atoms with Crippen LogP contribution < -0.4 is 5.32 Å². The molecule has 0 aliphatic rings. The number of carbonyl (C=O) groups is 1. The van der Waals surface area contributed by atoms with E-state index in [9.17, 15) is 15.2 Å². The summed E-state index contributed by atoms with van der Waals surface area (Å²) in [6.45, 7) is 2.50. The normalized spacial score (nSPS) is 11.0. The van der Waals surface area contributed by atoms with Crippen LogP contribution in [0.5, 0.6) is 5.75 Å². The Kier molecular flexibility index (Phi) is 9.75. The fourth-order valence-electron chi connectivity index (χ4n) is 2.06. The zero-order valence-electron chi connectivity index (χ0n) is 14.7. The minimum Gasteiger partial charge on any atom is -0.508 e. The van der Waals surface area contributed by atoms with Crippen molar-refractivity contribution in [3.8, 4) is 11.8 Å². The third-order valence-electron chi connectivity index (χ3n) is 3.48. The van der Waals surface area contributed by atoms with Gasteiger partial charge in [0.05, 0.1) is 13.2 Å². The highest BCUT2D eigenvalue weighted by Gasteiger charge is 2.11. The highest BCUT2D eigenvalue weighted by atomic mass is 16.5. The molecule has 0 radical (unpaired) electrons. The molecular formula is C18H25N3O4. The minimum atomic E-state index is -0.416. The molecule has 0 saturated carbocycles. The van der Waals surface area contributed by atoms with Gasteiger partial charge in [-0.2, -0.15) is 5.26 Å². The standard InChI is InChI=1S/C18H25N3O4/c1-24-11-9-21(10-12-25-2)14-16(13-19)18(23)20-8-7-15-3-5-17(22)6-4-15/h3-6,14,22H,7-12H2,1-2H3,(H,20,23)/b16-14-. The number of carbonyl (C=O) groups excluding carboxylic acids is 1. The zero-order valence-corrected chi connectivity index (χ0v) is 14.7. The molecule has 136 valence electrons. The molecule has 0 fully saturated rings. The smallest absolute Gasteiger partial charge is 0.263 e. The number of nitriles is 1. The Hall–Kier alpha value is -2.56. The molecule has 1 amide bonds.